The second-order valence-corrected chi connectivity index (χ2v) is 12.4. The van der Waals surface area contributed by atoms with Gasteiger partial charge in [0.1, 0.15) is 5.58 Å². The van der Waals surface area contributed by atoms with E-state index in [0.717, 1.165) is 49.6 Å². The van der Waals surface area contributed by atoms with Gasteiger partial charge in [-0.1, -0.05) is 133 Å². The lowest BCUT2D eigenvalue weighted by Gasteiger charge is -2.18. The molecule has 0 saturated carbocycles. The summed E-state index contributed by atoms with van der Waals surface area (Å²) >= 11 is 0. The van der Waals surface area contributed by atoms with E-state index in [2.05, 4.69) is 158 Å². The van der Waals surface area contributed by atoms with Gasteiger partial charge in [0.05, 0.1) is 6.26 Å². The third-order valence-electron chi connectivity index (χ3n) is 9.74. The number of rotatable bonds is 4. The molecule has 0 N–H and O–H groups in total. The van der Waals surface area contributed by atoms with Crippen LogP contribution in [0.3, 0.4) is 0 Å². The fraction of sp³-hybridized carbons (Fsp3) is 0. The minimum absolute atomic E-state index is 0.780. The Kier molecular flexibility index (Phi) is 5.91. The molecule has 0 spiro atoms. The van der Waals surface area contributed by atoms with E-state index in [-0.39, 0.29) is 0 Å². The molecule has 8 aromatic carbocycles. The summed E-state index contributed by atoms with van der Waals surface area (Å²) in [6.07, 6.45) is 1.84. The second kappa shape index (κ2) is 10.6. The van der Waals surface area contributed by atoms with E-state index >= 15 is 0 Å². The van der Waals surface area contributed by atoms with Gasteiger partial charge in [-0.25, -0.2) is 0 Å². The Hall–Kier alpha value is -6.38. The van der Waals surface area contributed by atoms with E-state index in [4.69, 9.17) is 8.83 Å². The largest absolute Gasteiger partial charge is 0.460 e. The Morgan fingerprint density at radius 1 is 0.312 bits per heavy atom. The Morgan fingerprint density at radius 3 is 1.50 bits per heavy atom. The third kappa shape index (κ3) is 4.06. The van der Waals surface area contributed by atoms with Crippen LogP contribution in [-0.4, -0.2) is 0 Å². The molecule has 0 bridgehead atoms. The van der Waals surface area contributed by atoms with Crippen LogP contribution in [0, 0.1) is 0 Å². The molecule has 0 radical (unpaired) electrons. The van der Waals surface area contributed by atoms with Crippen molar-refractivity contribution < 1.29 is 8.83 Å². The van der Waals surface area contributed by atoms with Crippen molar-refractivity contribution in [1.29, 1.82) is 0 Å². The van der Waals surface area contributed by atoms with Crippen LogP contribution in [0.4, 0.5) is 0 Å². The van der Waals surface area contributed by atoms with Crippen LogP contribution >= 0.6 is 0 Å². The number of fused-ring (bicyclic) bond motifs is 7. The maximum Gasteiger partial charge on any atom is 0.178 e. The Labute approximate surface area is 277 Å². The summed E-state index contributed by atoms with van der Waals surface area (Å²) in [5, 5.41) is 8.08. The molecule has 10 rings (SSSR count). The molecule has 10 aromatic rings. The molecule has 0 atom stereocenters. The Morgan fingerprint density at radius 2 is 0.833 bits per heavy atom. The summed E-state index contributed by atoms with van der Waals surface area (Å²) in [6.45, 7) is 0. The molecule has 0 aliphatic carbocycles. The molecule has 224 valence electrons. The van der Waals surface area contributed by atoms with E-state index in [1.807, 2.05) is 12.3 Å². The van der Waals surface area contributed by atoms with Gasteiger partial charge in [-0.3, -0.25) is 0 Å². The summed E-state index contributed by atoms with van der Waals surface area (Å²) in [4.78, 5) is 0. The van der Waals surface area contributed by atoms with E-state index in [0.29, 0.717) is 0 Å². The highest BCUT2D eigenvalue weighted by atomic mass is 16.4. The van der Waals surface area contributed by atoms with Gasteiger partial charge in [-0.15, -0.1) is 0 Å². The van der Waals surface area contributed by atoms with Gasteiger partial charge in [0.2, 0.25) is 0 Å². The van der Waals surface area contributed by atoms with E-state index in [1.165, 1.54) is 49.4 Å². The van der Waals surface area contributed by atoms with Gasteiger partial charge in [0.25, 0.3) is 0 Å². The number of hydrogen-bond donors (Lipinski definition) is 0. The molecule has 0 aliphatic rings. The lowest BCUT2D eigenvalue weighted by atomic mass is 9.85. The summed E-state index contributed by atoms with van der Waals surface area (Å²) in [7, 11) is 0. The normalized spacial score (nSPS) is 11.8. The summed E-state index contributed by atoms with van der Waals surface area (Å²) in [5.74, 6) is 0. The molecule has 2 heterocycles. The minimum atomic E-state index is 0.780. The number of benzene rings is 8. The first-order valence-corrected chi connectivity index (χ1v) is 16.3. The molecular weight excluding hydrogens is 585 g/mol. The molecule has 48 heavy (non-hydrogen) atoms. The first-order chi connectivity index (χ1) is 23.8. The summed E-state index contributed by atoms with van der Waals surface area (Å²) in [6, 6.07) is 58.4. The van der Waals surface area contributed by atoms with Gasteiger partial charge < -0.3 is 8.83 Å². The van der Waals surface area contributed by atoms with Crippen LogP contribution in [0.2, 0.25) is 0 Å². The third-order valence-corrected chi connectivity index (χ3v) is 9.74. The molecule has 0 unspecified atom stereocenters. The zero-order chi connectivity index (χ0) is 31.6. The van der Waals surface area contributed by atoms with Crippen molar-refractivity contribution >= 4 is 54.5 Å². The van der Waals surface area contributed by atoms with Crippen molar-refractivity contribution in [3.8, 4) is 44.5 Å². The molecule has 0 saturated heterocycles. The molecular formula is C46H28O2. The molecule has 0 amide bonds. The van der Waals surface area contributed by atoms with Crippen molar-refractivity contribution in [2.75, 3.05) is 0 Å². The average molecular weight is 613 g/mol. The van der Waals surface area contributed by atoms with Crippen molar-refractivity contribution in [3.05, 3.63) is 170 Å². The highest BCUT2D eigenvalue weighted by Gasteiger charge is 2.20. The summed E-state index contributed by atoms with van der Waals surface area (Å²) in [5.41, 5.74) is 11.8. The Bertz CT molecular complexity index is 2760. The van der Waals surface area contributed by atoms with Crippen LogP contribution in [0.5, 0.6) is 0 Å². The average Bonchev–Trinajstić information content (AvgIpc) is 3.76. The molecule has 0 fully saturated rings. The predicted octanol–water partition coefficient (Wildman–Crippen LogP) is 13.3. The second-order valence-electron chi connectivity index (χ2n) is 12.4. The number of furan rings is 2. The van der Waals surface area contributed by atoms with Gasteiger partial charge in [-0.2, -0.15) is 0 Å². The maximum absolute atomic E-state index is 6.66. The van der Waals surface area contributed by atoms with E-state index in [9.17, 15) is 0 Å². The highest BCUT2D eigenvalue weighted by molar-refractivity contribution is 6.22. The zero-order valence-corrected chi connectivity index (χ0v) is 26.0. The monoisotopic (exact) mass is 612 g/mol. The first-order valence-electron chi connectivity index (χ1n) is 16.3. The minimum Gasteiger partial charge on any atom is -0.460 e. The van der Waals surface area contributed by atoms with Crippen LogP contribution in [0.25, 0.3) is 99.0 Å². The SMILES string of the molecule is c1ccc(-c2cccc(-c3c4ccccc4c(-c4ccc5c(c4)oc4c5ccc5c(-c6ccccc6)coc54)c4ccccc34)c2)cc1. The predicted molar refractivity (Wildman–Crippen MR) is 200 cm³/mol. The lowest BCUT2D eigenvalue weighted by molar-refractivity contribution is 0.600. The van der Waals surface area contributed by atoms with Crippen molar-refractivity contribution in [3.63, 3.8) is 0 Å². The van der Waals surface area contributed by atoms with Crippen LogP contribution < -0.4 is 0 Å². The summed E-state index contributed by atoms with van der Waals surface area (Å²) < 4.78 is 12.8. The van der Waals surface area contributed by atoms with Crippen molar-refractivity contribution in [1.82, 2.24) is 0 Å². The van der Waals surface area contributed by atoms with Crippen molar-refractivity contribution in [2.24, 2.45) is 0 Å². The number of hydrogen-bond acceptors (Lipinski definition) is 2. The molecule has 2 aromatic heterocycles. The maximum atomic E-state index is 6.66. The molecule has 0 aliphatic heterocycles. The van der Waals surface area contributed by atoms with Crippen LogP contribution in [0.1, 0.15) is 0 Å². The van der Waals surface area contributed by atoms with E-state index < -0.39 is 0 Å². The van der Waals surface area contributed by atoms with Crippen LogP contribution in [-0.2, 0) is 0 Å². The van der Waals surface area contributed by atoms with Crippen molar-refractivity contribution in [2.45, 2.75) is 0 Å². The van der Waals surface area contributed by atoms with Gasteiger partial charge in [0.15, 0.2) is 11.2 Å². The standard InChI is InChI=1S/C46H28O2/c1-3-12-29(13-4-1)31-16-11-17-32(26-31)43-35-18-7-9-20-37(35)44(38-21-10-8-19-36(38)43)33-22-23-34-39-24-25-40-41(30-14-5-2-6-15-30)28-47-45(40)46(39)48-42(34)27-33/h1-28H. The molecule has 2 nitrogen and oxygen atoms in total. The topological polar surface area (TPSA) is 26.3 Å². The van der Waals surface area contributed by atoms with Gasteiger partial charge in [-0.05, 0) is 90.8 Å². The lowest BCUT2D eigenvalue weighted by Crippen LogP contribution is -1.91. The van der Waals surface area contributed by atoms with Gasteiger partial charge >= 0.3 is 0 Å². The zero-order valence-electron chi connectivity index (χ0n) is 26.0. The molecule has 2 heteroatoms. The first kappa shape index (κ1) is 26.8. The quantitative estimate of drug-likeness (QED) is 0.185. The van der Waals surface area contributed by atoms with E-state index in [1.54, 1.807) is 0 Å². The fourth-order valence-electron chi connectivity index (χ4n) is 7.56. The van der Waals surface area contributed by atoms with Crippen LogP contribution in [0.15, 0.2) is 179 Å². The Balaban J connectivity index is 1.19. The van der Waals surface area contributed by atoms with Gasteiger partial charge in [0, 0.05) is 21.7 Å². The highest BCUT2D eigenvalue weighted by Crippen LogP contribution is 2.46. The smallest absolute Gasteiger partial charge is 0.178 e. The fourth-order valence-corrected chi connectivity index (χ4v) is 7.56.